The topological polar surface area (TPSA) is 46.5 Å². The van der Waals surface area contributed by atoms with Gasteiger partial charge in [-0.1, -0.05) is 13.8 Å². The third-order valence-corrected chi connectivity index (χ3v) is 3.64. The molecule has 0 aromatic carbocycles. The molecule has 1 saturated carbocycles. The highest BCUT2D eigenvalue weighted by Gasteiger charge is 2.23. The summed E-state index contributed by atoms with van der Waals surface area (Å²) in [5.41, 5.74) is 0. The quantitative estimate of drug-likeness (QED) is 0.525. The third kappa shape index (κ3) is 4.33. The Kier molecular flexibility index (Phi) is 4.75. The third-order valence-electron chi connectivity index (χ3n) is 2.23. The number of ether oxygens (including phenoxy) is 1. The molecule has 0 amide bonds. The standard InChI is InChI=1S/C10H18O3S/c1-7(2)9(10(11)12)14-6-13-5-8-3-4-8/h7-9H,3-6H2,1-2H3,(H,11,12). The molecule has 0 aromatic heterocycles. The summed E-state index contributed by atoms with van der Waals surface area (Å²) in [5, 5.41) is 8.55. The van der Waals surface area contributed by atoms with E-state index in [1.54, 1.807) is 0 Å². The molecule has 1 atom stereocenters. The molecule has 0 aliphatic heterocycles. The first kappa shape index (κ1) is 11.9. The molecule has 1 N–H and O–H groups in total. The smallest absolute Gasteiger partial charge is 0.316 e. The van der Waals surface area contributed by atoms with Crippen LogP contribution in [-0.2, 0) is 9.53 Å². The average Bonchev–Trinajstić information content (AvgIpc) is 2.86. The Morgan fingerprint density at radius 2 is 2.21 bits per heavy atom. The summed E-state index contributed by atoms with van der Waals surface area (Å²) < 4.78 is 5.39. The molecule has 4 heteroatoms. The van der Waals surface area contributed by atoms with E-state index in [4.69, 9.17) is 9.84 Å². The van der Waals surface area contributed by atoms with Crippen molar-refractivity contribution in [3.63, 3.8) is 0 Å². The number of hydrogen-bond acceptors (Lipinski definition) is 3. The monoisotopic (exact) mass is 218 g/mol. The molecule has 1 rings (SSSR count). The molecule has 0 spiro atoms. The zero-order chi connectivity index (χ0) is 10.6. The molecule has 1 aliphatic carbocycles. The van der Waals surface area contributed by atoms with Crippen molar-refractivity contribution in [1.29, 1.82) is 0 Å². The molecule has 0 aromatic rings. The van der Waals surface area contributed by atoms with Crippen molar-refractivity contribution < 1.29 is 14.6 Å². The minimum Gasteiger partial charge on any atom is -0.480 e. The van der Waals surface area contributed by atoms with Crippen LogP contribution < -0.4 is 0 Å². The van der Waals surface area contributed by atoms with Gasteiger partial charge in [0, 0.05) is 0 Å². The van der Waals surface area contributed by atoms with Crippen LogP contribution in [0.5, 0.6) is 0 Å². The zero-order valence-corrected chi connectivity index (χ0v) is 9.55. The fourth-order valence-corrected chi connectivity index (χ4v) is 2.04. The second kappa shape index (κ2) is 5.61. The lowest BCUT2D eigenvalue weighted by Gasteiger charge is -2.15. The van der Waals surface area contributed by atoms with Crippen molar-refractivity contribution in [2.75, 3.05) is 12.5 Å². The van der Waals surface area contributed by atoms with Gasteiger partial charge < -0.3 is 9.84 Å². The summed E-state index contributed by atoms with van der Waals surface area (Å²) in [4.78, 5) is 10.8. The molecular formula is C10H18O3S. The molecule has 1 aliphatic rings. The van der Waals surface area contributed by atoms with Crippen molar-refractivity contribution >= 4 is 17.7 Å². The van der Waals surface area contributed by atoms with Crippen LogP contribution in [0.2, 0.25) is 0 Å². The molecule has 0 bridgehead atoms. The van der Waals surface area contributed by atoms with E-state index in [9.17, 15) is 4.79 Å². The Labute approximate surface area is 89.2 Å². The maximum atomic E-state index is 10.8. The Balaban J connectivity index is 2.08. The van der Waals surface area contributed by atoms with Crippen LogP contribution in [0.3, 0.4) is 0 Å². The Morgan fingerprint density at radius 1 is 1.57 bits per heavy atom. The molecule has 82 valence electrons. The minimum absolute atomic E-state index is 0.155. The molecule has 0 saturated heterocycles. The molecule has 1 unspecified atom stereocenters. The number of aliphatic carboxylic acids is 1. The summed E-state index contributed by atoms with van der Waals surface area (Å²) >= 11 is 1.39. The predicted octanol–water partition coefficient (Wildman–Crippen LogP) is 2.21. The number of rotatable bonds is 7. The van der Waals surface area contributed by atoms with Crippen LogP contribution in [0, 0.1) is 11.8 Å². The van der Waals surface area contributed by atoms with Gasteiger partial charge in [0.05, 0.1) is 12.5 Å². The summed E-state index contributed by atoms with van der Waals surface area (Å²) in [6, 6.07) is 0. The van der Waals surface area contributed by atoms with Crippen LogP contribution >= 0.6 is 11.8 Å². The maximum absolute atomic E-state index is 10.8. The lowest BCUT2D eigenvalue weighted by Crippen LogP contribution is -2.23. The van der Waals surface area contributed by atoms with Gasteiger partial charge in [-0.15, -0.1) is 11.8 Å². The fourth-order valence-electron chi connectivity index (χ4n) is 1.17. The van der Waals surface area contributed by atoms with Crippen LogP contribution in [-0.4, -0.2) is 28.9 Å². The summed E-state index contributed by atoms with van der Waals surface area (Å²) in [6.07, 6.45) is 2.55. The van der Waals surface area contributed by atoms with E-state index >= 15 is 0 Å². The highest BCUT2D eigenvalue weighted by Crippen LogP contribution is 2.29. The number of carbonyl (C=O) groups is 1. The molecule has 14 heavy (non-hydrogen) atoms. The van der Waals surface area contributed by atoms with Crippen molar-refractivity contribution in [3.05, 3.63) is 0 Å². The highest BCUT2D eigenvalue weighted by molar-refractivity contribution is 8.00. The molecular weight excluding hydrogens is 200 g/mol. The van der Waals surface area contributed by atoms with E-state index in [1.807, 2.05) is 13.8 Å². The molecule has 0 heterocycles. The van der Waals surface area contributed by atoms with E-state index in [0.717, 1.165) is 12.5 Å². The van der Waals surface area contributed by atoms with Crippen LogP contribution in [0.1, 0.15) is 26.7 Å². The van der Waals surface area contributed by atoms with Gasteiger partial charge >= 0.3 is 5.97 Å². The van der Waals surface area contributed by atoms with E-state index in [0.29, 0.717) is 5.94 Å². The summed E-state index contributed by atoms with van der Waals surface area (Å²) in [7, 11) is 0. The van der Waals surface area contributed by atoms with Crippen LogP contribution in [0.4, 0.5) is 0 Å². The molecule has 3 nitrogen and oxygen atoms in total. The first-order valence-electron chi connectivity index (χ1n) is 5.03. The summed E-state index contributed by atoms with van der Waals surface area (Å²) in [5.74, 6) is 0.672. The maximum Gasteiger partial charge on any atom is 0.316 e. The van der Waals surface area contributed by atoms with Crippen molar-refractivity contribution in [1.82, 2.24) is 0 Å². The second-order valence-corrected chi connectivity index (χ2v) is 5.18. The van der Waals surface area contributed by atoms with Crippen LogP contribution in [0.15, 0.2) is 0 Å². The Hall–Kier alpha value is -0.220. The molecule has 0 radical (unpaired) electrons. The lowest BCUT2D eigenvalue weighted by molar-refractivity contribution is -0.137. The van der Waals surface area contributed by atoms with Crippen molar-refractivity contribution in [3.8, 4) is 0 Å². The normalized spacial score (nSPS) is 18.5. The molecule has 1 fully saturated rings. The van der Waals surface area contributed by atoms with Gasteiger partial charge in [-0.2, -0.15) is 0 Å². The highest BCUT2D eigenvalue weighted by atomic mass is 32.2. The minimum atomic E-state index is -0.736. The van der Waals surface area contributed by atoms with E-state index in [1.165, 1.54) is 24.6 Å². The van der Waals surface area contributed by atoms with Gasteiger partial charge in [0.2, 0.25) is 0 Å². The second-order valence-electron chi connectivity index (χ2n) is 4.10. The zero-order valence-electron chi connectivity index (χ0n) is 8.73. The van der Waals surface area contributed by atoms with Gasteiger partial charge in [0.15, 0.2) is 0 Å². The van der Waals surface area contributed by atoms with Gasteiger partial charge in [-0.05, 0) is 24.7 Å². The van der Waals surface area contributed by atoms with Gasteiger partial charge in [0.1, 0.15) is 5.25 Å². The van der Waals surface area contributed by atoms with E-state index < -0.39 is 5.97 Å². The average molecular weight is 218 g/mol. The SMILES string of the molecule is CC(C)C(SCOCC1CC1)C(=O)O. The first-order chi connectivity index (χ1) is 6.61. The number of hydrogen-bond donors (Lipinski definition) is 1. The van der Waals surface area contributed by atoms with Crippen molar-refractivity contribution in [2.45, 2.75) is 31.9 Å². The van der Waals surface area contributed by atoms with Crippen LogP contribution in [0.25, 0.3) is 0 Å². The largest absolute Gasteiger partial charge is 0.480 e. The number of carboxylic acid groups (broad SMARTS) is 1. The number of thioether (sulfide) groups is 1. The Bertz CT molecular complexity index is 190. The fraction of sp³-hybridized carbons (Fsp3) is 0.900. The summed E-state index contributed by atoms with van der Waals surface area (Å²) in [6.45, 7) is 4.65. The van der Waals surface area contributed by atoms with E-state index in [-0.39, 0.29) is 11.2 Å². The lowest BCUT2D eigenvalue weighted by atomic mass is 10.1. The first-order valence-corrected chi connectivity index (χ1v) is 6.08. The van der Waals surface area contributed by atoms with Gasteiger partial charge in [-0.3, -0.25) is 4.79 Å². The van der Waals surface area contributed by atoms with E-state index in [2.05, 4.69) is 0 Å². The number of carboxylic acids is 1. The van der Waals surface area contributed by atoms with Crippen molar-refractivity contribution in [2.24, 2.45) is 11.8 Å². The Morgan fingerprint density at radius 3 is 2.64 bits per heavy atom. The van der Waals surface area contributed by atoms with Gasteiger partial charge in [-0.25, -0.2) is 0 Å². The van der Waals surface area contributed by atoms with Gasteiger partial charge in [0.25, 0.3) is 0 Å². The predicted molar refractivity (Wildman–Crippen MR) is 57.4 cm³/mol.